The van der Waals surface area contributed by atoms with Crippen molar-refractivity contribution in [1.29, 1.82) is 0 Å². The molecular formula is C23H42N2O4. The van der Waals surface area contributed by atoms with Crippen LogP contribution < -0.4 is 11.1 Å². The van der Waals surface area contributed by atoms with Crippen molar-refractivity contribution in [3.63, 3.8) is 0 Å². The number of nitrogens with two attached hydrogens (primary N) is 1. The van der Waals surface area contributed by atoms with Crippen molar-refractivity contribution in [2.45, 2.75) is 95.6 Å². The van der Waals surface area contributed by atoms with Gasteiger partial charge in [0.05, 0.1) is 26.1 Å². The van der Waals surface area contributed by atoms with Crippen molar-refractivity contribution in [2.75, 3.05) is 20.8 Å². The third kappa shape index (κ3) is 8.63. The molecule has 3 fully saturated rings. The van der Waals surface area contributed by atoms with Gasteiger partial charge in [-0.15, -0.1) is 0 Å². The van der Waals surface area contributed by atoms with E-state index in [1.54, 1.807) is 0 Å². The average molecular weight is 411 g/mol. The summed E-state index contributed by atoms with van der Waals surface area (Å²) in [5.41, 5.74) is 5.85. The standard InChI is InChI=1S/C14H25NO2.C9H17NO2/c1-17-14(16)12-5-3-2-4-6-13(12)15-10-9-11-7-8-11;1-12-9(11)7-5-3-2-4-6-8(7)10/h11-13,15H,2-10H2,1H3;7-8H,2-6,10H2,1H3. The molecular weight excluding hydrogens is 368 g/mol. The first kappa shape index (κ1) is 24.1. The van der Waals surface area contributed by atoms with Gasteiger partial charge in [0.25, 0.3) is 0 Å². The molecule has 0 aromatic heterocycles. The molecule has 0 aromatic rings. The van der Waals surface area contributed by atoms with Crippen molar-refractivity contribution in [3.8, 4) is 0 Å². The van der Waals surface area contributed by atoms with Crippen molar-refractivity contribution >= 4 is 11.9 Å². The molecule has 6 nitrogen and oxygen atoms in total. The Kier molecular flexibility index (Phi) is 11.0. The number of hydrogen-bond acceptors (Lipinski definition) is 6. The Morgan fingerprint density at radius 2 is 1.34 bits per heavy atom. The zero-order valence-corrected chi connectivity index (χ0v) is 18.5. The Hall–Kier alpha value is -1.14. The lowest BCUT2D eigenvalue weighted by atomic mass is 9.94. The Morgan fingerprint density at radius 1 is 0.793 bits per heavy atom. The van der Waals surface area contributed by atoms with E-state index in [1.807, 2.05) is 0 Å². The maximum atomic E-state index is 11.8. The molecule has 3 saturated carbocycles. The van der Waals surface area contributed by atoms with Crippen LogP contribution >= 0.6 is 0 Å². The first-order chi connectivity index (χ1) is 14.1. The molecule has 3 aliphatic carbocycles. The summed E-state index contributed by atoms with van der Waals surface area (Å²) in [6, 6.07) is 0.364. The van der Waals surface area contributed by atoms with E-state index in [0.29, 0.717) is 6.04 Å². The van der Waals surface area contributed by atoms with Crippen LogP contribution in [0.5, 0.6) is 0 Å². The monoisotopic (exact) mass is 410 g/mol. The van der Waals surface area contributed by atoms with Gasteiger partial charge in [0.1, 0.15) is 0 Å². The molecule has 4 atom stereocenters. The Balaban J connectivity index is 0.000000221. The van der Waals surface area contributed by atoms with Crippen LogP contribution in [-0.4, -0.2) is 44.8 Å². The summed E-state index contributed by atoms with van der Waals surface area (Å²) in [6.45, 7) is 1.07. The molecule has 0 aromatic carbocycles. The summed E-state index contributed by atoms with van der Waals surface area (Å²) in [5.74, 6) is 0.837. The summed E-state index contributed by atoms with van der Waals surface area (Å²) in [4.78, 5) is 23.0. The topological polar surface area (TPSA) is 90.7 Å². The van der Waals surface area contributed by atoms with Gasteiger partial charge in [0.15, 0.2) is 0 Å². The Labute approximate surface area is 176 Å². The minimum absolute atomic E-state index is 0.0138. The highest BCUT2D eigenvalue weighted by molar-refractivity contribution is 5.73. The van der Waals surface area contributed by atoms with Gasteiger partial charge in [0.2, 0.25) is 0 Å². The summed E-state index contributed by atoms with van der Waals surface area (Å²) in [5, 5.41) is 3.60. The molecule has 0 bridgehead atoms. The van der Waals surface area contributed by atoms with Crippen LogP contribution in [-0.2, 0) is 19.1 Å². The first-order valence-corrected chi connectivity index (χ1v) is 11.7. The zero-order chi connectivity index (χ0) is 21.1. The van der Waals surface area contributed by atoms with Gasteiger partial charge in [-0.3, -0.25) is 9.59 Å². The minimum atomic E-state index is -0.135. The lowest BCUT2D eigenvalue weighted by molar-refractivity contribution is -0.147. The molecule has 6 heteroatoms. The highest BCUT2D eigenvalue weighted by Crippen LogP contribution is 2.32. The van der Waals surface area contributed by atoms with Gasteiger partial charge in [-0.2, -0.15) is 0 Å². The fourth-order valence-corrected chi connectivity index (χ4v) is 4.65. The zero-order valence-electron chi connectivity index (χ0n) is 18.5. The molecule has 0 saturated heterocycles. The van der Waals surface area contributed by atoms with Crippen LogP contribution in [0, 0.1) is 17.8 Å². The van der Waals surface area contributed by atoms with Crippen molar-refractivity contribution in [3.05, 3.63) is 0 Å². The smallest absolute Gasteiger partial charge is 0.310 e. The van der Waals surface area contributed by atoms with Gasteiger partial charge in [-0.25, -0.2) is 0 Å². The molecule has 0 heterocycles. The highest BCUT2D eigenvalue weighted by Gasteiger charge is 2.30. The lowest BCUT2D eigenvalue weighted by Crippen LogP contribution is -2.40. The summed E-state index contributed by atoms with van der Waals surface area (Å²) in [7, 11) is 2.94. The summed E-state index contributed by atoms with van der Waals surface area (Å²) in [6.07, 6.45) is 15.2. The second-order valence-corrected chi connectivity index (χ2v) is 8.99. The molecule has 3 rings (SSSR count). The summed E-state index contributed by atoms with van der Waals surface area (Å²) < 4.78 is 9.63. The highest BCUT2D eigenvalue weighted by atomic mass is 16.5. The van der Waals surface area contributed by atoms with Crippen LogP contribution in [0.25, 0.3) is 0 Å². The predicted molar refractivity (Wildman–Crippen MR) is 114 cm³/mol. The molecule has 3 aliphatic rings. The van der Waals surface area contributed by atoms with Crippen LogP contribution in [0.1, 0.15) is 83.5 Å². The molecule has 168 valence electrons. The quantitative estimate of drug-likeness (QED) is 0.514. The van der Waals surface area contributed by atoms with E-state index in [-0.39, 0.29) is 29.8 Å². The molecule has 29 heavy (non-hydrogen) atoms. The van der Waals surface area contributed by atoms with Crippen molar-refractivity contribution in [1.82, 2.24) is 5.32 Å². The number of ether oxygens (including phenoxy) is 2. The van der Waals surface area contributed by atoms with E-state index in [0.717, 1.165) is 51.0 Å². The molecule has 0 radical (unpaired) electrons. The third-order valence-corrected chi connectivity index (χ3v) is 6.75. The SMILES string of the molecule is COC(=O)C1CCCCCC1N.COC(=O)C1CCCCCC1NCCC1CC1. The van der Waals surface area contributed by atoms with Crippen LogP contribution in [0.15, 0.2) is 0 Å². The van der Waals surface area contributed by atoms with Crippen LogP contribution in [0.4, 0.5) is 0 Å². The summed E-state index contributed by atoms with van der Waals surface area (Å²) >= 11 is 0. The number of hydrogen-bond donors (Lipinski definition) is 2. The van der Waals surface area contributed by atoms with Gasteiger partial charge < -0.3 is 20.5 Å². The molecule has 3 N–H and O–H groups in total. The largest absolute Gasteiger partial charge is 0.469 e. The van der Waals surface area contributed by atoms with Gasteiger partial charge in [-0.05, 0) is 44.6 Å². The number of methoxy groups -OCH3 is 2. The fourth-order valence-electron chi connectivity index (χ4n) is 4.65. The van der Waals surface area contributed by atoms with Gasteiger partial charge >= 0.3 is 11.9 Å². The second kappa shape index (κ2) is 13.2. The number of carbonyl (C=O) groups is 2. The molecule has 0 amide bonds. The maximum Gasteiger partial charge on any atom is 0.310 e. The molecule has 4 unspecified atom stereocenters. The predicted octanol–water partition coefficient (Wildman–Crippen LogP) is 3.57. The minimum Gasteiger partial charge on any atom is -0.469 e. The van der Waals surface area contributed by atoms with E-state index >= 15 is 0 Å². The second-order valence-electron chi connectivity index (χ2n) is 8.99. The van der Waals surface area contributed by atoms with E-state index in [9.17, 15) is 9.59 Å². The maximum absolute atomic E-state index is 11.8. The third-order valence-electron chi connectivity index (χ3n) is 6.75. The van der Waals surface area contributed by atoms with Crippen LogP contribution in [0.2, 0.25) is 0 Å². The normalized spacial score (nSPS) is 30.2. The fraction of sp³-hybridized carbons (Fsp3) is 0.913. The van der Waals surface area contributed by atoms with Crippen molar-refractivity contribution in [2.24, 2.45) is 23.5 Å². The Bertz CT molecular complexity index is 495. The van der Waals surface area contributed by atoms with Crippen LogP contribution in [0.3, 0.4) is 0 Å². The van der Waals surface area contributed by atoms with E-state index in [2.05, 4.69) is 5.32 Å². The molecule has 0 aliphatic heterocycles. The number of rotatable bonds is 6. The number of nitrogens with one attached hydrogen (secondary N) is 1. The first-order valence-electron chi connectivity index (χ1n) is 11.7. The van der Waals surface area contributed by atoms with E-state index < -0.39 is 0 Å². The average Bonchev–Trinajstić information content (AvgIpc) is 3.57. The lowest BCUT2D eigenvalue weighted by Gasteiger charge is -2.24. The van der Waals surface area contributed by atoms with E-state index in [1.165, 1.54) is 59.2 Å². The molecule has 0 spiro atoms. The van der Waals surface area contributed by atoms with E-state index in [4.69, 9.17) is 15.2 Å². The number of carbonyl (C=O) groups excluding carboxylic acids is 2. The van der Waals surface area contributed by atoms with Gasteiger partial charge in [-0.1, -0.05) is 51.4 Å². The Morgan fingerprint density at radius 3 is 1.97 bits per heavy atom. The van der Waals surface area contributed by atoms with Gasteiger partial charge in [0, 0.05) is 12.1 Å². The number of esters is 2. The van der Waals surface area contributed by atoms with Crippen molar-refractivity contribution < 1.29 is 19.1 Å².